The Hall–Kier alpha value is -2.86. The van der Waals surface area contributed by atoms with Crippen LogP contribution in [0.15, 0.2) is 94.2 Å². The first-order valence-corrected chi connectivity index (χ1v) is 9.61. The number of rotatable bonds is 5. The highest BCUT2D eigenvalue weighted by atomic mass is 32.2. The smallest absolute Gasteiger partial charge is 0.248 e. The molecule has 0 atom stereocenters. The van der Waals surface area contributed by atoms with Gasteiger partial charge in [-0.15, -0.1) is 0 Å². The average molecular weight is 415 g/mol. The number of allylic oxidation sites excluding steroid dienone is 1. The predicted molar refractivity (Wildman–Crippen MR) is 110 cm³/mol. The molecular formula is C23H17F4NS. The van der Waals surface area contributed by atoms with Gasteiger partial charge in [-0.05, 0) is 66.9 Å². The molecule has 0 aliphatic rings. The van der Waals surface area contributed by atoms with Crippen molar-refractivity contribution in [3.63, 3.8) is 0 Å². The Kier molecular flexibility index (Phi) is 6.54. The van der Waals surface area contributed by atoms with E-state index in [9.17, 15) is 17.6 Å². The van der Waals surface area contributed by atoms with Gasteiger partial charge < -0.3 is 0 Å². The number of aliphatic imine (C=N–C) groups is 1. The van der Waals surface area contributed by atoms with Crippen LogP contribution in [-0.2, 0) is 6.18 Å². The molecule has 0 unspecified atom stereocenters. The Morgan fingerprint density at radius 1 is 0.931 bits per heavy atom. The Balaban J connectivity index is 1.94. The van der Waals surface area contributed by atoms with Gasteiger partial charge in [0, 0.05) is 10.5 Å². The zero-order chi connectivity index (χ0) is 20.9. The summed E-state index contributed by atoms with van der Waals surface area (Å²) < 4.78 is 52.4. The van der Waals surface area contributed by atoms with E-state index in [0.29, 0.717) is 17.0 Å². The Labute approximate surface area is 170 Å². The van der Waals surface area contributed by atoms with Gasteiger partial charge in [-0.1, -0.05) is 41.6 Å². The molecule has 6 heteroatoms. The summed E-state index contributed by atoms with van der Waals surface area (Å²) in [6.07, 6.45) is -2.78. The zero-order valence-electron chi connectivity index (χ0n) is 15.5. The minimum Gasteiger partial charge on any atom is -0.248 e. The molecule has 0 aliphatic carbocycles. The van der Waals surface area contributed by atoms with Gasteiger partial charge in [-0.25, -0.2) is 9.38 Å². The monoisotopic (exact) mass is 415 g/mol. The molecular weight excluding hydrogens is 398 g/mol. The van der Waals surface area contributed by atoms with E-state index in [-0.39, 0.29) is 5.82 Å². The van der Waals surface area contributed by atoms with Gasteiger partial charge >= 0.3 is 6.18 Å². The third-order valence-electron chi connectivity index (χ3n) is 4.01. The highest BCUT2D eigenvalue weighted by Gasteiger charge is 2.30. The lowest BCUT2D eigenvalue weighted by Gasteiger charge is -2.09. The van der Waals surface area contributed by atoms with E-state index in [1.165, 1.54) is 30.0 Å². The summed E-state index contributed by atoms with van der Waals surface area (Å²) in [7, 11) is 0. The summed E-state index contributed by atoms with van der Waals surface area (Å²) in [6.45, 7) is 1.94. The van der Waals surface area contributed by atoms with Crippen molar-refractivity contribution in [2.75, 3.05) is 0 Å². The van der Waals surface area contributed by atoms with E-state index in [1.54, 1.807) is 29.7 Å². The summed E-state index contributed by atoms with van der Waals surface area (Å²) in [6, 6.07) is 18.4. The Morgan fingerprint density at radius 2 is 1.62 bits per heavy atom. The van der Waals surface area contributed by atoms with Gasteiger partial charge in [0.2, 0.25) is 0 Å². The van der Waals surface area contributed by atoms with E-state index < -0.39 is 11.7 Å². The summed E-state index contributed by atoms with van der Waals surface area (Å²) in [5.41, 5.74) is 1.73. The van der Waals surface area contributed by atoms with Crippen LogP contribution in [0.3, 0.4) is 0 Å². The molecule has 1 nitrogen and oxygen atoms in total. The molecule has 0 saturated heterocycles. The highest BCUT2D eigenvalue weighted by Crippen LogP contribution is 2.30. The maximum Gasteiger partial charge on any atom is 0.416 e. The van der Waals surface area contributed by atoms with E-state index in [2.05, 4.69) is 4.99 Å². The molecule has 0 spiro atoms. The van der Waals surface area contributed by atoms with Gasteiger partial charge in [0.15, 0.2) is 0 Å². The van der Waals surface area contributed by atoms with Gasteiger partial charge in [0.25, 0.3) is 0 Å². The van der Waals surface area contributed by atoms with Crippen molar-refractivity contribution in [3.8, 4) is 0 Å². The summed E-state index contributed by atoms with van der Waals surface area (Å²) in [5.74, 6) is -0.330. The van der Waals surface area contributed by atoms with Crippen LogP contribution in [0.4, 0.5) is 23.2 Å². The second kappa shape index (κ2) is 9.09. The average Bonchev–Trinajstić information content (AvgIpc) is 2.70. The molecule has 0 bridgehead atoms. The summed E-state index contributed by atoms with van der Waals surface area (Å²) >= 11 is 1.32. The maximum absolute atomic E-state index is 13.1. The predicted octanol–water partition coefficient (Wildman–Crippen LogP) is 7.58. The fourth-order valence-corrected chi connectivity index (χ4v) is 3.15. The van der Waals surface area contributed by atoms with Crippen LogP contribution in [0.1, 0.15) is 16.7 Å². The molecule has 0 aliphatic heterocycles. The van der Waals surface area contributed by atoms with Crippen LogP contribution in [-0.4, -0.2) is 5.71 Å². The number of benzene rings is 3. The topological polar surface area (TPSA) is 12.4 Å². The molecule has 148 valence electrons. The Bertz CT molecular complexity index is 1020. The van der Waals surface area contributed by atoms with E-state index in [0.717, 1.165) is 22.6 Å². The normalized spacial score (nSPS) is 12.5. The number of alkyl halides is 3. The lowest BCUT2D eigenvalue weighted by Crippen LogP contribution is -2.07. The lowest BCUT2D eigenvalue weighted by atomic mass is 10.1. The van der Waals surface area contributed by atoms with Crippen molar-refractivity contribution in [1.82, 2.24) is 0 Å². The van der Waals surface area contributed by atoms with Crippen LogP contribution in [0.5, 0.6) is 0 Å². The molecule has 3 rings (SSSR count). The summed E-state index contributed by atoms with van der Waals surface area (Å²) in [5, 5.41) is 1.72. The molecule has 0 fully saturated rings. The summed E-state index contributed by atoms with van der Waals surface area (Å²) in [4.78, 5) is 5.33. The third kappa shape index (κ3) is 6.06. The fourth-order valence-electron chi connectivity index (χ4n) is 2.50. The molecule has 0 aromatic heterocycles. The minimum atomic E-state index is -4.43. The lowest BCUT2D eigenvalue weighted by molar-refractivity contribution is -0.137. The number of halogens is 4. The number of hydrogen-bond acceptors (Lipinski definition) is 2. The van der Waals surface area contributed by atoms with Crippen LogP contribution in [0, 0.1) is 12.7 Å². The maximum atomic E-state index is 13.1. The Morgan fingerprint density at radius 3 is 2.28 bits per heavy atom. The molecule has 3 aromatic rings. The third-order valence-corrected chi connectivity index (χ3v) is 4.83. The second-order valence-electron chi connectivity index (χ2n) is 6.29. The van der Waals surface area contributed by atoms with Crippen LogP contribution in [0.25, 0.3) is 0 Å². The van der Waals surface area contributed by atoms with Crippen molar-refractivity contribution in [1.29, 1.82) is 0 Å². The molecule has 0 N–H and O–H groups in total. The number of hydrogen-bond donors (Lipinski definition) is 0. The number of thioether (sulfide) groups is 1. The standard InChI is InChI=1S/C23H17F4NS/c1-16-5-9-20(10-6-16)28-22(13-14-29-21-11-7-19(24)8-12-21)17-3-2-4-18(15-17)23(25,26)27/h2-15H,1H3/b14-13+,28-22-. The zero-order valence-corrected chi connectivity index (χ0v) is 16.3. The van der Waals surface area contributed by atoms with Crippen LogP contribution < -0.4 is 0 Å². The van der Waals surface area contributed by atoms with Gasteiger partial charge in [0.05, 0.1) is 17.0 Å². The van der Waals surface area contributed by atoms with Crippen molar-refractivity contribution in [2.45, 2.75) is 18.0 Å². The van der Waals surface area contributed by atoms with Crippen LogP contribution in [0.2, 0.25) is 0 Å². The fraction of sp³-hybridized carbons (Fsp3) is 0.0870. The first kappa shape index (κ1) is 20.9. The second-order valence-corrected chi connectivity index (χ2v) is 7.26. The van der Waals surface area contributed by atoms with E-state index in [4.69, 9.17) is 0 Å². The SMILES string of the molecule is Cc1ccc(/N=C(/C=C/Sc2ccc(F)cc2)c2cccc(C(F)(F)F)c2)cc1. The molecule has 0 amide bonds. The van der Waals surface area contributed by atoms with Crippen molar-refractivity contribution in [2.24, 2.45) is 4.99 Å². The van der Waals surface area contributed by atoms with E-state index in [1.807, 2.05) is 31.2 Å². The quantitative estimate of drug-likeness (QED) is 0.238. The molecule has 3 aromatic carbocycles. The largest absolute Gasteiger partial charge is 0.416 e. The molecule has 0 radical (unpaired) electrons. The number of aryl methyl sites for hydroxylation is 1. The van der Waals surface area contributed by atoms with Crippen molar-refractivity contribution in [3.05, 3.63) is 107 Å². The minimum absolute atomic E-state index is 0.330. The van der Waals surface area contributed by atoms with Gasteiger partial charge in [-0.3, -0.25) is 0 Å². The van der Waals surface area contributed by atoms with Gasteiger partial charge in [0.1, 0.15) is 5.82 Å². The van der Waals surface area contributed by atoms with Crippen molar-refractivity contribution < 1.29 is 17.6 Å². The first-order valence-electron chi connectivity index (χ1n) is 8.73. The molecule has 0 saturated carbocycles. The molecule has 0 heterocycles. The van der Waals surface area contributed by atoms with Gasteiger partial charge in [-0.2, -0.15) is 13.2 Å². The van der Waals surface area contributed by atoms with E-state index >= 15 is 0 Å². The van der Waals surface area contributed by atoms with Crippen molar-refractivity contribution >= 4 is 23.2 Å². The van der Waals surface area contributed by atoms with Crippen LogP contribution >= 0.6 is 11.8 Å². The molecule has 29 heavy (non-hydrogen) atoms. The number of nitrogens with zero attached hydrogens (tertiary/aromatic N) is 1. The first-order chi connectivity index (χ1) is 13.8. The highest BCUT2D eigenvalue weighted by molar-refractivity contribution is 8.02.